The zero-order valence-electron chi connectivity index (χ0n) is 10.6. The molecular weight excluding hydrogens is 286 g/mol. The van der Waals surface area contributed by atoms with Crippen molar-refractivity contribution in [1.29, 1.82) is 0 Å². The number of halogens is 1. The number of nitrogens with one attached hydrogen (secondary N) is 1. The molecule has 0 saturated heterocycles. The molecule has 3 nitrogen and oxygen atoms in total. The Hall–Kier alpha value is -0.490. The molecule has 0 aromatic carbocycles. The molecule has 2 aromatic rings. The number of rotatable bonds is 5. The zero-order valence-corrected chi connectivity index (χ0v) is 13.0. The Bertz CT molecular complexity index is 507. The molecule has 0 amide bonds. The second-order valence-electron chi connectivity index (χ2n) is 4.43. The quantitative estimate of drug-likeness (QED) is 0.910. The molecule has 0 saturated carbocycles. The summed E-state index contributed by atoms with van der Waals surface area (Å²) < 4.78 is 4.93. The van der Waals surface area contributed by atoms with Gasteiger partial charge < -0.3 is 5.32 Å². The Morgan fingerprint density at radius 3 is 2.72 bits per heavy atom. The van der Waals surface area contributed by atoms with Gasteiger partial charge in [-0.15, -0.1) is 16.4 Å². The normalized spacial score (nSPS) is 13.2. The van der Waals surface area contributed by atoms with E-state index in [0.717, 1.165) is 16.5 Å². The molecule has 98 valence electrons. The third-order valence-corrected chi connectivity index (χ3v) is 4.89. The van der Waals surface area contributed by atoms with Gasteiger partial charge in [0.05, 0.1) is 14.9 Å². The summed E-state index contributed by atoms with van der Waals surface area (Å²) in [5.74, 6) is 0.404. The van der Waals surface area contributed by atoms with Crippen molar-refractivity contribution in [1.82, 2.24) is 14.9 Å². The lowest BCUT2D eigenvalue weighted by molar-refractivity contribution is 0.593. The molecule has 0 bridgehead atoms. The number of thiophene rings is 1. The van der Waals surface area contributed by atoms with Crippen molar-refractivity contribution in [3.05, 3.63) is 31.9 Å². The molecule has 0 aliphatic heterocycles. The van der Waals surface area contributed by atoms with Crippen molar-refractivity contribution >= 4 is 34.5 Å². The van der Waals surface area contributed by atoms with Gasteiger partial charge in [-0.2, -0.15) is 0 Å². The van der Waals surface area contributed by atoms with Gasteiger partial charge in [0.2, 0.25) is 0 Å². The van der Waals surface area contributed by atoms with E-state index in [9.17, 15) is 0 Å². The monoisotopic (exact) mass is 301 g/mol. The van der Waals surface area contributed by atoms with Crippen LogP contribution in [0, 0.1) is 0 Å². The number of likely N-dealkylation sites (N-methyl/N-ethyl adjacent to an activating group) is 1. The van der Waals surface area contributed by atoms with E-state index in [1.54, 1.807) is 11.3 Å². The molecule has 0 aliphatic rings. The van der Waals surface area contributed by atoms with Gasteiger partial charge in [0.1, 0.15) is 0 Å². The van der Waals surface area contributed by atoms with Crippen molar-refractivity contribution < 1.29 is 0 Å². The lowest BCUT2D eigenvalue weighted by atomic mass is 10.0. The van der Waals surface area contributed by atoms with Crippen LogP contribution in [0.2, 0.25) is 4.34 Å². The molecule has 2 rings (SSSR count). The maximum Gasteiger partial charge on any atom is 0.0931 e. The molecule has 1 N–H and O–H groups in total. The van der Waals surface area contributed by atoms with E-state index in [2.05, 4.69) is 34.8 Å². The first-order chi connectivity index (χ1) is 8.61. The highest BCUT2D eigenvalue weighted by Crippen LogP contribution is 2.31. The SMILES string of the molecule is CNC(Cc1ccc(Cl)s1)c1snnc1C(C)C. The molecule has 18 heavy (non-hydrogen) atoms. The first-order valence-corrected chi connectivity index (χ1v) is 7.82. The summed E-state index contributed by atoms with van der Waals surface area (Å²) in [6.45, 7) is 4.30. The number of nitrogens with zero attached hydrogens (tertiary/aromatic N) is 2. The van der Waals surface area contributed by atoms with Crippen LogP contribution >= 0.6 is 34.5 Å². The van der Waals surface area contributed by atoms with Crippen molar-refractivity contribution in [2.75, 3.05) is 7.05 Å². The van der Waals surface area contributed by atoms with Gasteiger partial charge in [0.15, 0.2) is 0 Å². The van der Waals surface area contributed by atoms with Crippen molar-refractivity contribution in [3.63, 3.8) is 0 Å². The average Bonchev–Trinajstić information content (AvgIpc) is 2.94. The average molecular weight is 302 g/mol. The van der Waals surface area contributed by atoms with Gasteiger partial charge in [0.25, 0.3) is 0 Å². The predicted molar refractivity (Wildman–Crippen MR) is 78.8 cm³/mol. The van der Waals surface area contributed by atoms with E-state index in [0.29, 0.717) is 5.92 Å². The predicted octanol–water partition coefficient (Wildman–Crippen LogP) is 3.88. The molecule has 2 heterocycles. The molecule has 0 spiro atoms. The second kappa shape index (κ2) is 6.10. The van der Waals surface area contributed by atoms with Crippen molar-refractivity contribution in [2.24, 2.45) is 0 Å². The van der Waals surface area contributed by atoms with E-state index in [1.165, 1.54) is 21.3 Å². The molecule has 2 aromatic heterocycles. The minimum atomic E-state index is 0.261. The lowest BCUT2D eigenvalue weighted by Crippen LogP contribution is -2.19. The molecular formula is C12H16ClN3S2. The van der Waals surface area contributed by atoms with Gasteiger partial charge >= 0.3 is 0 Å². The Morgan fingerprint density at radius 2 is 2.17 bits per heavy atom. The highest BCUT2D eigenvalue weighted by atomic mass is 35.5. The third kappa shape index (κ3) is 3.09. The summed E-state index contributed by atoms with van der Waals surface area (Å²) in [6, 6.07) is 4.29. The fourth-order valence-electron chi connectivity index (χ4n) is 1.84. The minimum Gasteiger partial charge on any atom is -0.312 e. The Labute approximate surface area is 120 Å². The maximum atomic E-state index is 5.97. The van der Waals surface area contributed by atoms with E-state index in [4.69, 9.17) is 11.6 Å². The van der Waals surface area contributed by atoms with Crippen molar-refractivity contribution in [3.8, 4) is 0 Å². The number of aromatic nitrogens is 2. The van der Waals surface area contributed by atoms with Gasteiger partial charge in [-0.05, 0) is 36.6 Å². The Kier molecular flexibility index (Phi) is 4.72. The Morgan fingerprint density at radius 1 is 1.39 bits per heavy atom. The summed E-state index contributed by atoms with van der Waals surface area (Å²) in [5, 5.41) is 7.59. The van der Waals surface area contributed by atoms with E-state index < -0.39 is 0 Å². The fraction of sp³-hybridized carbons (Fsp3) is 0.500. The van der Waals surface area contributed by atoms with Gasteiger partial charge in [-0.25, -0.2) is 0 Å². The molecule has 6 heteroatoms. The van der Waals surface area contributed by atoms with Crippen molar-refractivity contribution in [2.45, 2.75) is 32.2 Å². The van der Waals surface area contributed by atoms with Crippen LogP contribution in [0.15, 0.2) is 12.1 Å². The van der Waals surface area contributed by atoms with Crippen LogP contribution in [0.25, 0.3) is 0 Å². The van der Waals surface area contributed by atoms with Gasteiger partial charge in [0, 0.05) is 17.3 Å². The summed E-state index contributed by atoms with van der Waals surface area (Å²) in [5.41, 5.74) is 1.10. The van der Waals surface area contributed by atoms with Crippen LogP contribution in [0.4, 0.5) is 0 Å². The van der Waals surface area contributed by atoms with E-state index in [1.807, 2.05) is 13.1 Å². The molecule has 0 fully saturated rings. The second-order valence-corrected chi connectivity index (χ2v) is 7.01. The molecule has 0 aliphatic carbocycles. The van der Waals surface area contributed by atoms with Crippen LogP contribution in [-0.4, -0.2) is 16.6 Å². The Balaban J connectivity index is 2.20. The summed E-state index contributed by atoms with van der Waals surface area (Å²) in [6.07, 6.45) is 0.928. The zero-order chi connectivity index (χ0) is 13.1. The third-order valence-electron chi connectivity index (χ3n) is 2.79. The van der Waals surface area contributed by atoms with Gasteiger partial charge in [-0.1, -0.05) is 29.9 Å². The van der Waals surface area contributed by atoms with Crippen LogP contribution in [0.1, 0.15) is 41.3 Å². The molecule has 1 unspecified atom stereocenters. The van der Waals surface area contributed by atoms with Crippen LogP contribution in [-0.2, 0) is 6.42 Å². The van der Waals surface area contributed by atoms with Gasteiger partial charge in [-0.3, -0.25) is 0 Å². The van der Waals surface area contributed by atoms with E-state index in [-0.39, 0.29) is 6.04 Å². The number of hydrogen-bond donors (Lipinski definition) is 1. The van der Waals surface area contributed by atoms with Crippen LogP contribution in [0.5, 0.6) is 0 Å². The lowest BCUT2D eigenvalue weighted by Gasteiger charge is -2.15. The summed E-state index contributed by atoms with van der Waals surface area (Å²) in [7, 11) is 1.98. The summed E-state index contributed by atoms with van der Waals surface area (Å²) in [4.78, 5) is 2.51. The fourth-order valence-corrected chi connectivity index (χ4v) is 3.88. The highest BCUT2D eigenvalue weighted by molar-refractivity contribution is 7.16. The smallest absolute Gasteiger partial charge is 0.0931 e. The molecule has 1 atom stereocenters. The highest BCUT2D eigenvalue weighted by Gasteiger charge is 2.20. The largest absolute Gasteiger partial charge is 0.312 e. The van der Waals surface area contributed by atoms with E-state index >= 15 is 0 Å². The maximum absolute atomic E-state index is 5.97. The van der Waals surface area contributed by atoms with Crippen LogP contribution < -0.4 is 5.32 Å². The van der Waals surface area contributed by atoms with Crippen LogP contribution in [0.3, 0.4) is 0 Å². The standard InChI is InChI=1S/C12H16ClN3S2/c1-7(2)11-12(18-16-15-11)9(14-3)6-8-4-5-10(13)17-8/h4-5,7,9,14H,6H2,1-3H3. The first kappa shape index (κ1) is 13.9. The summed E-state index contributed by atoms with van der Waals surface area (Å²) >= 11 is 9.09. The topological polar surface area (TPSA) is 37.8 Å². The first-order valence-electron chi connectivity index (χ1n) is 5.85. The molecule has 0 radical (unpaired) electrons. The number of hydrogen-bond acceptors (Lipinski definition) is 5. The minimum absolute atomic E-state index is 0.261.